The van der Waals surface area contributed by atoms with Gasteiger partial charge >= 0.3 is 12.1 Å². The second-order valence-electron chi connectivity index (χ2n) is 6.22. The van der Waals surface area contributed by atoms with Gasteiger partial charge in [-0.1, -0.05) is 0 Å². The van der Waals surface area contributed by atoms with E-state index in [-0.39, 0.29) is 23.6 Å². The van der Waals surface area contributed by atoms with Crippen LogP contribution in [0.1, 0.15) is 33.1 Å². The van der Waals surface area contributed by atoms with Crippen molar-refractivity contribution >= 4 is 11.6 Å². The lowest BCUT2D eigenvalue weighted by Crippen LogP contribution is -2.36. The number of halogens is 5. The molecule has 3 rings (SSSR count). The normalized spacial score (nSPS) is 12.6. The summed E-state index contributed by atoms with van der Waals surface area (Å²) in [6, 6.07) is 1.64. The maximum absolute atomic E-state index is 13.9. The maximum atomic E-state index is 13.9. The maximum Gasteiger partial charge on any atom is 0.459 e. The van der Waals surface area contributed by atoms with Crippen LogP contribution in [-0.2, 0) is 19.5 Å². The number of carbonyl (C=O) groups is 1. The van der Waals surface area contributed by atoms with E-state index in [1.54, 1.807) is 24.9 Å². The molecule has 3 aromatic rings. The second-order valence-corrected chi connectivity index (χ2v) is 6.22. The number of aryl methyl sites for hydroxylation is 2. The first-order chi connectivity index (χ1) is 12.9. The first kappa shape index (κ1) is 19.7. The number of carbonyl (C=O) groups excluding carboxylic acids is 1. The summed E-state index contributed by atoms with van der Waals surface area (Å²) < 4.78 is 68.1. The fraction of sp³-hybridized carbons (Fsp3) is 0.375. The minimum Gasteiger partial charge on any atom is -0.346 e. The fourth-order valence-corrected chi connectivity index (χ4v) is 2.56. The molecule has 0 saturated carbocycles. The summed E-state index contributed by atoms with van der Waals surface area (Å²) in [6.07, 6.45) is -4.27. The summed E-state index contributed by atoms with van der Waals surface area (Å²) in [5.74, 6) is -5.90. The molecular weight excluding hydrogens is 387 g/mol. The Labute approximate surface area is 155 Å². The third-order valence-electron chi connectivity index (χ3n) is 4.24. The quantitative estimate of drug-likeness (QED) is 0.681. The average molecular weight is 402 g/mol. The lowest BCUT2D eigenvalue weighted by atomic mass is 10.2. The molecule has 1 amide bonds. The van der Waals surface area contributed by atoms with E-state index in [2.05, 4.69) is 20.5 Å². The van der Waals surface area contributed by atoms with E-state index < -0.39 is 23.7 Å². The van der Waals surface area contributed by atoms with E-state index in [9.17, 15) is 26.7 Å². The number of nitrogens with one attached hydrogen (secondary N) is 1. The van der Waals surface area contributed by atoms with Crippen LogP contribution >= 0.6 is 0 Å². The van der Waals surface area contributed by atoms with Crippen molar-refractivity contribution in [3.05, 3.63) is 46.7 Å². The van der Waals surface area contributed by atoms with Crippen molar-refractivity contribution in [2.45, 2.75) is 32.5 Å². The lowest BCUT2D eigenvalue weighted by molar-refractivity contribution is -0.291. The Bertz CT molecular complexity index is 1050. The van der Waals surface area contributed by atoms with Crippen molar-refractivity contribution in [2.75, 3.05) is 0 Å². The molecule has 0 fully saturated rings. The van der Waals surface area contributed by atoms with Crippen molar-refractivity contribution in [3.8, 4) is 0 Å². The highest BCUT2D eigenvalue weighted by molar-refractivity contribution is 5.93. The van der Waals surface area contributed by atoms with Crippen LogP contribution in [0.2, 0.25) is 0 Å². The van der Waals surface area contributed by atoms with Gasteiger partial charge in [0.25, 0.3) is 5.91 Å². The molecule has 0 aliphatic rings. The van der Waals surface area contributed by atoms with Crippen LogP contribution in [0.4, 0.5) is 22.0 Å². The third kappa shape index (κ3) is 3.29. The zero-order chi connectivity index (χ0) is 20.9. The number of hydrogen-bond donors (Lipinski definition) is 1. The molecule has 0 aromatic carbocycles. The van der Waals surface area contributed by atoms with E-state index in [4.69, 9.17) is 0 Å². The summed E-state index contributed by atoms with van der Waals surface area (Å²) in [6.45, 7) is 3.15. The van der Waals surface area contributed by atoms with E-state index in [1.165, 1.54) is 6.92 Å². The zero-order valence-corrected chi connectivity index (χ0v) is 15.0. The molecule has 7 nitrogen and oxygen atoms in total. The van der Waals surface area contributed by atoms with Crippen LogP contribution in [0, 0.1) is 13.8 Å². The number of alkyl halides is 5. The highest BCUT2D eigenvalue weighted by atomic mass is 19.4. The molecule has 0 aliphatic heterocycles. The number of amides is 1. The molecule has 1 N–H and O–H groups in total. The van der Waals surface area contributed by atoms with Gasteiger partial charge < -0.3 is 5.32 Å². The largest absolute Gasteiger partial charge is 0.459 e. The number of hydrogen-bond acceptors (Lipinski definition) is 4. The molecule has 0 aliphatic carbocycles. The molecule has 3 heterocycles. The number of rotatable bonds is 4. The molecule has 28 heavy (non-hydrogen) atoms. The predicted molar refractivity (Wildman–Crippen MR) is 86.8 cm³/mol. The number of fused-ring (bicyclic) bond motifs is 1. The van der Waals surface area contributed by atoms with Crippen LogP contribution in [0.5, 0.6) is 0 Å². The van der Waals surface area contributed by atoms with Crippen molar-refractivity contribution in [1.29, 1.82) is 0 Å². The Balaban J connectivity index is 1.94. The molecule has 0 radical (unpaired) electrons. The zero-order valence-electron chi connectivity index (χ0n) is 15.0. The Morgan fingerprint density at radius 1 is 1.18 bits per heavy atom. The van der Waals surface area contributed by atoms with Gasteiger partial charge in [0.2, 0.25) is 0 Å². The molecule has 0 spiro atoms. The van der Waals surface area contributed by atoms with Crippen LogP contribution in [0.25, 0.3) is 5.65 Å². The second kappa shape index (κ2) is 6.53. The minimum atomic E-state index is -5.82. The fourth-order valence-electron chi connectivity index (χ4n) is 2.56. The molecule has 150 valence electrons. The molecule has 0 bridgehead atoms. The van der Waals surface area contributed by atoms with Gasteiger partial charge in [0.05, 0.1) is 6.20 Å². The van der Waals surface area contributed by atoms with Gasteiger partial charge in [0, 0.05) is 36.6 Å². The summed E-state index contributed by atoms with van der Waals surface area (Å²) in [7, 11) is 1.72. The van der Waals surface area contributed by atoms with Gasteiger partial charge in [0.1, 0.15) is 5.69 Å². The van der Waals surface area contributed by atoms with Gasteiger partial charge in [-0.2, -0.15) is 32.1 Å². The number of nitrogens with zero attached hydrogens (tertiary/aromatic N) is 5. The van der Waals surface area contributed by atoms with E-state index >= 15 is 0 Å². The first-order valence-electron chi connectivity index (χ1n) is 8.00. The molecule has 12 heteroatoms. The van der Waals surface area contributed by atoms with Crippen LogP contribution in [0.15, 0.2) is 18.3 Å². The Hall–Kier alpha value is -3.05. The summed E-state index contributed by atoms with van der Waals surface area (Å²) >= 11 is 0. The molecular formula is C16H15F5N6O. The van der Waals surface area contributed by atoms with Crippen LogP contribution in [0.3, 0.4) is 0 Å². The lowest BCUT2D eigenvalue weighted by Gasteiger charge is -2.20. The van der Waals surface area contributed by atoms with E-state index in [0.29, 0.717) is 10.6 Å². The highest BCUT2D eigenvalue weighted by Crippen LogP contribution is 2.43. The monoisotopic (exact) mass is 402 g/mol. The molecule has 0 saturated heterocycles. The third-order valence-corrected chi connectivity index (χ3v) is 4.24. The Kier molecular flexibility index (Phi) is 4.60. The predicted octanol–water partition coefficient (Wildman–Crippen LogP) is 2.66. The Morgan fingerprint density at radius 2 is 1.86 bits per heavy atom. The van der Waals surface area contributed by atoms with Crippen molar-refractivity contribution < 1.29 is 26.7 Å². The summed E-state index contributed by atoms with van der Waals surface area (Å²) in [5.41, 5.74) is -0.577. The van der Waals surface area contributed by atoms with Crippen molar-refractivity contribution in [3.63, 3.8) is 0 Å². The van der Waals surface area contributed by atoms with Crippen molar-refractivity contribution in [2.24, 2.45) is 7.05 Å². The van der Waals surface area contributed by atoms with Crippen LogP contribution in [-0.4, -0.2) is 36.5 Å². The highest BCUT2D eigenvalue weighted by Gasteiger charge is 2.60. The molecule has 0 atom stereocenters. The molecule has 3 aromatic heterocycles. The van der Waals surface area contributed by atoms with E-state index in [0.717, 1.165) is 17.3 Å². The van der Waals surface area contributed by atoms with Gasteiger partial charge in [-0.3, -0.25) is 9.48 Å². The van der Waals surface area contributed by atoms with Gasteiger partial charge in [0.15, 0.2) is 11.3 Å². The SMILES string of the molecule is Cc1cc(C(F)(F)C(F)(F)F)n2nc(C(=O)NCc3cnn(C)c3C)cc2n1. The number of aromatic nitrogens is 5. The summed E-state index contributed by atoms with van der Waals surface area (Å²) in [5, 5.41) is 10.2. The molecule has 0 unspecified atom stereocenters. The van der Waals surface area contributed by atoms with E-state index in [1.807, 2.05) is 0 Å². The van der Waals surface area contributed by atoms with Crippen molar-refractivity contribution in [1.82, 2.24) is 29.7 Å². The standard InChI is InChI=1S/C16H15F5N6O/c1-8-4-12(15(17,18)16(19,20)21)27-13(24-8)5-11(25-27)14(28)22-6-10-7-23-26(3)9(10)2/h4-5,7H,6H2,1-3H3,(H,22,28). The average Bonchev–Trinajstić information content (AvgIpc) is 3.15. The Morgan fingerprint density at radius 3 is 2.43 bits per heavy atom. The van der Waals surface area contributed by atoms with Gasteiger partial charge in [-0.05, 0) is 19.9 Å². The smallest absolute Gasteiger partial charge is 0.346 e. The first-order valence-corrected chi connectivity index (χ1v) is 8.00. The summed E-state index contributed by atoms with van der Waals surface area (Å²) in [4.78, 5) is 16.2. The van der Waals surface area contributed by atoms with Gasteiger partial charge in [-0.15, -0.1) is 0 Å². The van der Waals surface area contributed by atoms with Gasteiger partial charge in [-0.25, -0.2) is 9.50 Å². The topological polar surface area (TPSA) is 77.1 Å². The minimum absolute atomic E-state index is 0.0655. The van der Waals surface area contributed by atoms with Crippen LogP contribution < -0.4 is 5.32 Å².